The number of carbonyl (C=O) groups excluding carboxylic acids is 1. The highest BCUT2D eigenvalue weighted by Gasteiger charge is 2.05. The Morgan fingerprint density at radius 1 is 0.958 bits per heavy atom. The second-order valence-corrected chi connectivity index (χ2v) is 6.14. The fourth-order valence-electron chi connectivity index (χ4n) is 1.83. The van der Waals surface area contributed by atoms with Crippen LogP contribution in [0.5, 0.6) is 17.2 Å². The van der Waals surface area contributed by atoms with Gasteiger partial charge < -0.3 is 14.2 Å². The number of hydrogen-bond acceptors (Lipinski definition) is 4. The highest BCUT2D eigenvalue weighted by atomic mass is 35.5. The molecule has 0 unspecified atom stereocenters. The second kappa shape index (κ2) is 9.18. The van der Waals surface area contributed by atoms with Gasteiger partial charge in [-0.3, -0.25) is 4.79 Å². The van der Waals surface area contributed by atoms with E-state index in [9.17, 15) is 4.79 Å². The summed E-state index contributed by atoms with van der Waals surface area (Å²) < 4.78 is 16.3. The van der Waals surface area contributed by atoms with Crippen molar-refractivity contribution in [2.24, 2.45) is 5.92 Å². The van der Waals surface area contributed by atoms with Crippen LogP contribution in [-0.4, -0.2) is 19.2 Å². The average Bonchev–Trinajstić information content (AvgIpc) is 2.57. The van der Waals surface area contributed by atoms with Crippen molar-refractivity contribution in [3.63, 3.8) is 0 Å². The molecule has 0 amide bonds. The molecule has 0 heterocycles. The number of hydrogen-bond donors (Lipinski definition) is 0. The van der Waals surface area contributed by atoms with Gasteiger partial charge in [0.2, 0.25) is 0 Å². The molecule has 0 saturated carbocycles. The van der Waals surface area contributed by atoms with Crippen LogP contribution in [0.25, 0.3) is 0 Å². The quantitative estimate of drug-likeness (QED) is 0.622. The fourth-order valence-corrected chi connectivity index (χ4v) is 1.95. The Balaban J connectivity index is 1.75. The van der Waals surface area contributed by atoms with Crippen molar-refractivity contribution in [3.05, 3.63) is 53.6 Å². The molecule has 0 aliphatic heterocycles. The minimum absolute atomic E-state index is 0.232. The van der Waals surface area contributed by atoms with Gasteiger partial charge in [-0.2, -0.15) is 0 Å². The molecule has 2 rings (SSSR count). The summed E-state index contributed by atoms with van der Waals surface area (Å²) in [7, 11) is 0. The van der Waals surface area contributed by atoms with E-state index in [2.05, 4.69) is 0 Å². The molecular formula is C19H21ClO4. The lowest BCUT2D eigenvalue weighted by atomic mass is 10.2. The SMILES string of the molecule is CC(C)COC(=O)CCOc1ccc(Oc2ccc(Cl)cc2)cc1. The normalized spacial score (nSPS) is 10.5. The van der Waals surface area contributed by atoms with E-state index in [4.69, 9.17) is 25.8 Å². The third-order valence-corrected chi connectivity index (χ3v) is 3.28. The molecule has 0 atom stereocenters. The minimum atomic E-state index is -0.244. The molecule has 0 fully saturated rings. The van der Waals surface area contributed by atoms with Crippen molar-refractivity contribution in [1.29, 1.82) is 0 Å². The van der Waals surface area contributed by atoms with Gasteiger partial charge in [0, 0.05) is 5.02 Å². The zero-order valence-corrected chi connectivity index (χ0v) is 14.6. The third kappa shape index (κ3) is 6.50. The highest BCUT2D eigenvalue weighted by Crippen LogP contribution is 2.25. The molecule has 0 saturated heterocycles. The molecule has 0 aromatic heterocycles. The third-order valence-electron chi connectivity index (χ3n) is 3.03. The lowest BCUT2D eigenvalue weighted by molar-refractivity contribution is -0.145. The predicted molar refractivity (Wildman–Crippen MR) is 93.9 cm³/mol. The van der Waals surface area contributed by atoms with Crippen LogP contribution in [0.4, 0.5) is 0 Å². The zero-order valence-electron chi connectivity index (χ0n) is 13.8. The zero-order chi connectivity index (χ0) is 17.4. The predicted octanol–water partition coefficient (Wildman–Crippen LogP) is 5.10. The monoisotopic (exact) mass is 348 g/mol. The Hall–Kier alpha value is -2.20. The van der Waals surface area contributed by atoms with E-state index in [-0.39, 0.29) is 19.0 Å². The summed E-state index contributed by atoms with van der Waals surface area (Å²) in [6.07, 6.45) is 0.232. The summed E-state index contributed by atoms with van der Waals surface area (Å²) in [4.78, 5) is 11.5. The van der Waals surface area contributed by atoms with E-state index >= 15 is 0 Å². The first-order valence-corrected chi connectivity index (χ1v) is 8.22. The number of carbonyl (C=O) groups is 1. The van der Waals surface area contributed by atoms with Crippen molar-refractivity contribution >= 4 is 17.6 Å². The fraction of sp³-hybridized carbons (Fsp3) is 0.316. The van der Waals surface area contributed by atoms with Crippen LogP contribution < -0.4 is 9.47 Å². The van der Waals surface area contributed by atoms with Crippen molar-refractivity contribution in [2.75, 3.05) is 13.2 Å². The van der Waals surface area contributed by atoms with Crippen LogP contribution in [0.3, 0.4) is 0 Å². The molecule has 128 valence electrons. The van der Waals surface area contributed by atoms with Crippen LogP contribution >= 0.6 is 11.6 Å². The van der Waals surface area contributed by atoms with Crippen LogP contribution in [0, 0.1) is 5.92 Å². The molecule has 0 spiro atoms. The van der Waals surface area contributed by atoms with Gasteiger partial charge in [0.15, 0.2) is 0 Å². The second-order valence-electron chi connectivity index (χ2n) is 5.70. The summed E-state index contributed by atoms with van der Waals surface area (Å²) in [6.45, 7) is 4.72. The lowest BCUT2D eigenvalue weighted by Crippen LogP contribution is -2.13. The minimum Gasteiger partial charge on any atom is -0.493 e. The maximum absolute atomic E-state index is 11.5. The number of rotatable bonds is 8. The van der Waals surface area contributed by atoms with Gasteiger partial charge in [-0.15, -0.1) is 0 Å². The van der Waals surface area contributed by atoms with Gasteiger partial charge in [-0.1, -0.05) is 25.4 Å². The van der Waals surface area contributed by atoms with E-state index in [1.54, 1.807) is 48.5 Å². The maximum atomic E-state index is 11.5. The molecule has 0 N–H and O–H groups in total. The Labute approximate surface area is 147 Å². The van der Waals surface area contributed by atoms with Crippen molar-refractivity contribution in [1.82, 2.24) is 0 Å². The van der Waals surface area contributed by atoms with Gasteiger partial charge in [-0.05, 0) is 54.4 Å². The molecule has 0 aliphatic carbocycles. The standard InChI is InChI=1S/C19H21ClO4/c1-14(2)13-23-19(21)11-12-22-16-7-9-18(10-8-16)24-17-5-3-15(20)4-6-17/h3-10,14H,11-13H2,1-2H3. The van der Waals surface area contributed by atoms with Gasteiger partial charge in [0.05, 0.1) is 19.6 Å². The van der Waals surface area contributed by atoms with E-state index in [1.807, 2.05) is 13.8 Å². The largest absolute Gasteiger partial charge is 0.493 e. The first-order chi connectivity index (χ1) is 11.5. The first kappa shape index (κ1) is 18.1. The Kier molecular flexibility index (Phi) is 6.94. The van der Waals surface area contributed by atoms with Crippen LogP contribution in [-0.2, 0) is 9.53 Å². The number of ether oxygens (including phenoxy) is 3. The van der Waals surface area contributed by atoms with E-state index < -0.39 is 0 Å². The summed E-state index contributed by atoms with van der Waals surface area (Å²) in [5.41, 5.74) is 0. The lowest BCUT2D eigenvalue weighted by Gasteiger charge is -2.09. The van der Waals surface area contributed by atoms with Gasteiger partial charge in [-0.25, -0.2) is 0 Å². The van der Waals surface area contributed by atoms with Gasteiger partial charge in [0.1, 0.15) is 17.2 Å². The Bertz CT molecular complexity index is 635. The van der Waals surface area contributed by atoms with Crippen LogP contribution in [0.1, 0.15) is 20.3 Å². The van der Waals surface area contributed by atoms with Gasteiger partial charge >= 0.3 is 5.97 Å². The number of esters is 1. The molecule has 2 aromatic carbocycles. The van der Waals surface area contributed by atoms with E-state index in [1.165, 1.54) is 0 Å². The molecule has 0 radical (unpaired) electrons. The summed E-state index contributed by atoms with van der Waals surface area (Å²) in [5.74, 6) is 2.17. The number of benzene rings is 2. The van der Waals surface area contributed by atoms with Crippen molar-refractivity contribution in [2.45, 2.75) is 20.3 Å². The topological polar surface area (TPSA) is 44.8 Å². The first-order valence-electron chi connectivity index (χ1n) is 7.85. The maximum Gasteiger partial charge on any atom is 0.309 e. The molecule has 5 heteroatoms. The summed E-state index contributed by atoms with van der Waals surface area (Å²) >= 11 is 5.84. The van der Waals surface area contributed by atoms with Gasteiger partial charge in [0.25, 0.3) is 0 Å². The molecule has 2 aromatic rings. The van der Waals surface area contributed by atoms with Crippen molar-refractivity contribution in [3.8, 4) is 17.2 Å². The molecule has 0 bridgehead atoms. The Morgan fingerprint density at radius 2 is 1.50 bits per heavy atom. The smallest absolute Gasteiger partial charge is 0.309 e. The molecule has 24 heavy (non-hydrogen) atoms. The van der Waals surface area contributed by atoms with E-state index in [0.29, 0.717) is 34.8 Å². The van der Waals surface area contributed by atoms with Crippen LogP contribution in [0.15, 0.2) is 48.5 Å². The highest BCUT2D eigenvalue weighted by molar-refractivity contribution is 6.30. The molecule has 4 nitrogen and oxygen atoms in total. The van der Waals surface area contributed by atoms with E-state index in [0.717, 1.165) is 0 Å². The summed E-state index contributed by atoms with van der Waals surface area (Å²) in [5, 5.41) is 0.665. The summed E-state index contributed by atoms with van der Waals surface area (Å²) in [6, 6.07) is 14.3. The average molecular weight is 349 g/mol. The Morgan fingerprint density at radius 3 is 2.08 bits per heavy atom. The number of halogens is 1. The molecular weight excluding hydrogens is 328 g/mol. The molecule has 0 aliphatic rings. The van der Waals surface area contributed by atoms with Crippen molar-refractivity contribution < 1.29 is 19.0 Å². The van der Waals surface area contributed by atoms with Crippen LogP contribution in [0.2, 0.25) is 5.02 Å².